The third kappa shape index (κ3) is 2.73. The van der Waals surface area contributed by atoms with Gasteiger partial charge in [0.1, 0.15) is 6.79 Å². The number of nitrogens with two attached hydrogens (primary N) is 1. The van der Waals surface area contributed by atoms with E-state index in [1.807, 2.05) is 0 Å². The fourth-order valence-corrected chi connectivity index (χ4v) is 0.270. The highest BCUT2D eigenvalue weighted by Crippen LogP contribution is 1.97. The monoisotopic (exact) mass is 137 g/mol. The minimum Gasteiger partial charge on any atom is -0.392 e. The zero-order valence-corrected chi connectivity index (χ0v) is 4.95. The molecule has 0 fully saturated rings. The van der Waals surface area contributed by atoms with Crippen molar-refractivity contribution in [2.75, 3.05) is 20.0 Å². The molecule has 0 saturated heterocycles. The maximum atomic E-state index is 8.40. The van der Waals surface area contributed by atoms with Crippen molar-refractivity contribution in [1.82, 2.24) is 0 Å². The first-order valence-corrected chi connectivity index (χ1v) is 2.44. The summed E-state index contributed by atoms with van der Waals surface area (Å²) < 4.78 is 4.36. The Labute approximate surface area is 52.7 Å². The van der Waals surface area contributed by atoms with Crippen LogP contribution in [-0.2, 0) is 4.74 Å². The zero-order valence-electron chi connectivity index (χ0n) is 4.95. The molecule has 5 nitrogen and oxygen atoms in total. The molecule has 0 aliphatic rings. The molecule has 56 valence electrons. The molecule has 0 heterocycles. The molecule has 9 heavy (non-hydrogen) atoms. The highest BCUT2D eigenvalue weighted by molar-refractivity contribution is 4.68. The van der Waals surface area contributed by atoms with Crippen LogP contribution in [0.15, 0.2) is 0 Å². The molecule has 0 rings (SSSR count). The molecule has 5 N–H and O–H groups in total. The normalized spacial score (nSPS) is 12.0. The van der Waals surface area contributed by atoms with Crippen molar-refractivity contribution in [2.45, 2.75) is 5.72 Å². The Kier molecular flexibility index (Phi) is 3.67. The van der Waals surface area contributed by atoms with Crippen LogP contribution in [0.25, 0.3) is 0 Å². The van der Waals surface area contributed by atoms with E-state index in [4.69, 9.17) is 21.1 Å². The first-order chi connectivity index (χ1) is 4.18. The second-order valence-electron chi connectivity index (χ2n) is 1.65. The molecular formula is C4H11NO4. The summed E-state index contributed by atoms with van der Waals surface area (Å²) in [7, 11) is 0. The Balaban J connectivity index is 3.62. The molecule has 0 saturated carbocycles. The highest BCUT2D eigenvalue weighted by Gasteiger charge is 2.22. The molecular weight excluding hydrogens is 126 g/mol. The molecule has 0 radical (unpaired) electrons. The van der Waals surface area contributed by atoms with E-state index in [1.165, 1.54) is 0 Å². The van der Waals surface area contributed by atoms with Gasteiger partial charge in [-0.15, -0.1) is 0 Å². The van der Waals surface area contributed by atoms with Crippen molar-refractivity contribution >= 4 is 0 Å². The lowest BCUT2D eigenvalue weighted by Crippen LogP contribution is -2.50. The third-order valence-corrected chi connectivity index (χ3v) is 0.887. The largest absolute Gasteiger partial charge is 0.392 e. The van der Waals surface area contributed by atoms with Gasteiger partial charge in [-0.1, -0.05) is 0 Å². The lowest BCUT2D eigenvalue weighted by Gasteiger charge is -2.22. The molecule has 0 spiro atoms. The van der Waals surface area contributed by atoms with E-state index in [0.717, 1.165) is 0 Å². The van der Waals surface area contributed by atoms with Crippen molar-refractivity contribution in [3.05, 3.63) is 0 Å². The van der Waals surface area contributed by atoms with Crippen LogP contribution in [0.3, 0.4) is 0 Å². The Morgan fingerprint density at radius 2 is 1.67 bits per heavy atom. The molecule has 0 aromatic heterocycles. The Hall–Kier alpha value is -0.200. The maximum absolute atomic E-state index is 8.40. The van der Waals surface area contributed by atoms with Gasteiger partial charge in [0, 0.05) is 0 Å². The molecule has 0 aliphatic heterocycles. The second-order valence-corrected chi connectivity index (χ2v) is 1.65. The Morgan fingerprint density at radius 1 is 1.22 bits per heavy atom. The van der Waals surface area contributed by atoms with E-state index < -0.39 is 25.7 Å². The first kappa shape index (κ1) is 8.80. The highest BCUT2D eigenvalue weighted by atomic mass is 16.6. The second kappa shape index (κ2) is 3.76. The van der Waals surface area contributed by atoms with E-state index in [2.05, 4.69) is 4.74 Å². The number of hydrogen-bond acceptors (Lipinski definition) is 5. The maximum Gasteiger partial charge on any atom is 0.166 e. The zero-order chi connectivity index (χ0) is 7.33. The van der Waals surface area contributed by atoms with Gasteiger partial charge >= 0.3 is 0 Å². The fraction of sp³-hybridized carbons (Fsp3) is 1.00. The third-order valence-electron chi connectivity index (χ3n) is 0.887. The van der Waals surface area contributed by atoms with Gasteiger partial charge < -0.3 is 20.1 Å². The summed E-state index contributed by atoms with van der Waals surface area (Å²) in [6.07, 6.45) is 0. The molecule has 0 atom stereocenters. The van der Waals surface area contributed by atoms with Gasteiger partial charge in [0.25, 0.3) is 0 Å². The average Bonchev–Trinajstić information content (AvgIpc) is 1.89. The van der Waals surface area contributed by atoms with Crippen LogP contribution < -0.4 is 5.73 Å². The molecule has 5 heteroatoms. The van der Waals surface area contributed by atoms with Gasteiger partial charge in [0.2, 0.25) is 0 Å². The van der Waals surface area contributed by atoms with Gasteiger partial charge in [-0.3, -0.25) is 5.73 Å². The van der Waals surface area contributed by atoms with Gasteiger partial charge in [0.15, 0.2) is 5.72 Å². The SMILES string of the molecule is NC(CO)(CO)OCO. The smallest absolute Gasteiger partial charge is 0.166 e. The molecule has 0 bridgehead atoms. The summed E-state index contributed by atoms with van der Waals surface area (Å²) in [5.74, 6) is 0. The predicted molar refractivity (Wildman–Crippen MR) is 29.3 cm³/mol. The fourth-order valence-electron chi connectivity index (χ4n) is 0.270. The number of aliphatic hydroxyl groups is 3. The minimum atomic E-state index is -1.51. The van der Waals surface area contributed by atoms with Gasteiger partial charge in [-0.2, -0.15) is 0 Å². The van der Waals surface area contributed by atoms with E-state index in [9.17, 15) is 0 Å². The van der Waals surface area contributed by atoms with E-state index >= 15 is 0 Å². The molecule has 0 amide bonds. The first-order valence-electron chi connectivity index (χ1n) is 2.44. The van der Waals surface area contributed by atoms with Crippen molar-refractivity contribution in [3.63, 3.8) is 0 Å². The number of hydrogen-bond donors (Lipinski definition) is 4. The van der Waals surface area contributed by atoms with Crippen molar-refractivity contribution in [1.29, 1.82) is 0 Å². The standard InChI is InChI=1S/C4H11NO4/c5-4(1-6,2-7)9-3-8/h6-8H,1-3,5H2. The van der Waals surface area contributed by atoms with Crippen LogP contribution in [0, 0.1) is 0 Å². The summed E-state index contributed by atoms with van der Waals surface area (Å²) in [5, 5.41) is 24.9. The summed E-state index contributed by atoms with van der Waals surface area (Å²) in [4.78, 5) is 0. The lowest BCUT2D eigenvalue weighted by atomic mass is 10.3. The summed E-state index contributed by atoms with van der Waals surface area (Å²) in [5.41, 5.74) is 3.62. The van der Waals surface area contributed by atoms with Crippen molar-refractivity contribution in [3.8, 4) is 0 Å². The Bertz CT molecular complexity index is 73.0. The average molecular weight is 137 g/mol. The van der Waals surface area contributed by atoms with Crippen LogP contribution in [0.1, 0.15) is 0 Å². The van der Waals surface area contributed by atoms with Gasteiger partial charge in [0.05, 0.1) is 13.2 Å². The molecule has 0 aliphatic carbocycles. The predicted octanol–water partition coefficient (Wildman–Crippen LogP) is -2.41. The molecule has 0 unspecified atom stereocenters. The van der Waals surface area contributed by atoms with Crippen molar-refractivity contribution in [2.24, 2.45) is 5.73 Å². The summed E-state index contributed by atoms with van der Waals surface area (Å²) in [6, 6.07) is 0. The molecule has 0 aromatic carbocycles. The van der Waals surface area contributed by atoms with Gasteiger partial charge in [-0.05, 0) is 0 Å². The van der Waals surface area contributed by atoms with Crippen LogP contribution in [0.4, 0.5) is 0 Å². The molecule has 0 aromatic rings. The van der Waals surface area contributed by atoms with Crippen LogP contribution in [0.5, 0.6) is 0 Å². The lowest BCUT2D eigenvalue weighted by molar-refractivity contribution is -0.153. The van der Waals surface area contributed by atoms with Crippen LogP contribution >= 0.6 is 0 Å². The minimum absolute atomic E-state index is 0.524. The van der Waals surface area contributed by atoms with E-state index in [1.54, 1.807) is 0 Å². The Morgan fingerprint density at radius 3 is 1.78 bits per heavy atom. The van der Waals surface area contributed by atoms with E-state index in [-0.39, 0.29) is 0 Å². The summed E-state index contributed by atoms with van der Waals surface area (Å²) >= 11 is 0. The van der Waals surface area contributed by atoms with Crippen molar-refractivity contribution < 1.29 is 20.1 Å². The topological polar surface area (TPSA) is 95.9 Å². The van der Waals surface area contributed by atoms with Crippen LogP contribution in [-0.4, -0.2) is 41.1 Å². The van der Waals surface area contributed by atoms with Crippen LogP contribution in [0.2, 0.25) is 0 Å². The summed E-state index contributed by atoms with van der Waals surface area (Å²) in [6.45, 7) is -1.66. The number of rotatable bonds is 4. The quantitative estimate of drug-likeness (QED) is 0.324. The number of ether oxygens (including phenoxy) is 1. The van der Waals surface area contributed by atoms with Gasteiger partial charge in [-0.25, -0.2) is 0 Å². The number of aliphatic hydroxyl groups excluding tert-OH is 3. The van der Waals surface area contributed by atoms with E-state index in [0.29, 0.717) is 0 Å².